The maximum Gasteiger partial charge on any atom is 0.0242 e. The van der Waals surface area contributed by atoms with E-state index in [4.69, 9.17) is 0 Å². The Hall–Kier alpha value is -1.60. The Morgan fingerprint density at radius 3 is 1.39 bits per heavy atom. The Bertz CT molecular complexity index is 537. The van der Waals surface area contributed by atoms with E-state index in [1.165, 1.54) is 17.5 Å². The van der Waals surface area contributed by atoms with Gasteiger partial charge in [-0.2, -0.15) is 0 Å². The Kier molecular flexibility index (Phi) is 5.64. The highest BCUT2D eigenvalue weighted by Crippen LogP contribution is 2.33. The third-order valence-electron chi connectivity index (χ3n) is 4.25. The van der Waals surface area contributed by atoms with Gasteiger partial charge in [0.1, 0.15) is 0 Å². The molecule has 0 aliphatic heterocycles. The minimum Gasteiger partial charge on any atom is -0.290 e. The van der Waals surface area contributed by atoms with Crippen LogP contribution in [0.3, 0.4) is 0 Å². The zero-order valence-corrected chi connectivity index (χ0v) is 15.3. The quantitative estimate of drug-likeness (QED) is 0.641. The van der Waals surface area contributed by atoms with E-state index in [1.807, 2.05) is 0 Å². The first-order valence-electron chi connectivity index (χ1n) is 8.59. The van der Waals surface area contributed by atoms with Gasteiger partial charge in [-0.15, -0.1) is 0 Å². The number of hydrogen-bond acceptors (Lipinski definition) is 1. The van der Waals surface area contributed by atoms with Gasteiger partial charge in [-0.1, -0.05) is 81.4 Å². The van der Waals surface area contributed by atoms with Crippen molar-refractivity contribution in [3.8, 4) is 0 Å². The van der Waals surface area contributed by atoms with Gasteiger partial charge in [-0.05, 0) is 36.8 Å². The molecule has 0 aliphatic rings. The molecule has 2 aromatic rings. The second-order valence-electron chi connectivity index (χ2n) is 8.38. The fraction of sp³-hybridized carbons (Fsp3) is 0.455. The van der Waals surface area contributed by atoms with Crippen molar-refractivity contribution >= 4 is 0 Å². The molecule has 124 valence electrons. The van der Waals surface area contributed by atoms with Crippen LogP contribution in [0.4, 0.5) is 0 Å². The van der Waals surface area contributed by atoms with E-state index >= 15 is 0 Å². The van der Waals surface area contributed by atoms with Gasteiger partial charge in [-0.3, -0.25) is 4.90 Å². The van der Waals surface area contributed by atoms with E-state index in [2.05, 4.69) is 100 Å². The molecule has 2 aromatic carbocycles. The summed E-state index contributed by atoms with van der Waals surface area (Å²) in [4.78, 5) is 2.61. The largest absolute Gasteiger partial charge is 0.290 e. The lowest BCUT2D eigenvalue weighted by Gasteiger charge is -2.42. The van der Waals surface area contributed by atoms with Gasteiger partial charge in [0.2, 0.25) is 0 Å². The van der Waals surface area contributed by atoms with Gasteiger partial charge >= 0.3 is 0 Å². The first-order chi connectivity index (χ1) is 10.8. The van der Waals surface area contributed by atoms with Crippen molar-refractivity contribution in [3.05, 3.63) is 71.8 Å². The van der Waals surface area contributed by atoms with Crippen molar-refractivity contribution in [3.63, 3.8) is 0 Å². The molecule has 23 heavy (non-hydrogen) atoms. The molecule has 0 amide bonds. The van der Waals surface area contributed by atoms with Crippen LogP contribution in [0.15, 0.2) is 60.7 Å². The van der Waals surface area contributed by atoms with Gasteiger partial charge in [0, 0.05) is 18.6 Å². The third-order valence-corrected chi connectivity index (χ3v) is 4.25. The second-order valence-corrected chi connectivity index (χ2v) is 8.38. The van der Waals surface area contributed by atoms with Gasteiger partial charge < -0.3 is 0 Å². The van der Waals surface area contributed by atoms with E-state index in [0.29, 0.717) is 5.41 Å². The Morgan fingerprint density at radius 2 is 1.04 bits per heavy atom. The summed E-state index contributed by atoms with van der Waals surface area (Å²) >= 11 is 0. The number of rotatable bonds is 6. The lowest BCUT2D eigenvalue weighted by Crippen LogP contribution is -2.45. The Morgan fingerprint density at radius 1 is 0.652 bits per heavy atom. The van der Waals surface area contributed by atoms with Crippen molar-refractivity contribution in [2.75, 3.05) is 0 Å². The molecule has 0 atom stereocenters. The summed E-state index contributed by atoms with van der Waals surface area (Å²) in [5, 5.41) is 0. The van der Waals surface area contributed by atoms with Gasteiger partial charge in [0.15, 0.2) is 0 Å². The molecule has 0 saturated carbocycles. The Labute approximate surface area is 142 Å². The molecule has 2 rings (SSSR count). The monoisotopic (exact) mass is 309 g/mol. The molecule has 0 N–H and O–H groups in total. The smallest absolute Gasteiger partial charge is 0.0242 e. The summed E-state index contributed by atoms with van der Waals surface area (Å²) in [5.41, 5.74) is 3.22. The van der Waals surface area contributed by atoms with Crippen molar-refractivity contribution in [1.29, 1.82) is 0 Å². The van der Waals surface area contributed by atoms with Crippen LogP contribution in [0.1, 0.15) is 52.2 Å². The van der Waals surface area contributed by atoms with Gasteiger partial charge in [-0.25, -0.2) is 0 Å². The van der Waals surface area contributed by atoms with E-state index < -0.39 is 0 Å². The van der Waals surface area contributed by atoms with Crippen molar-refractivity contribution in [2.24, 2.45) is 5.41 Å². The van der Waals surface area contributed by atoms with Crippen LogP contribution in [-0.2, 0) is 13.1 Å². The van der Waals surface area contributed by atoms with Gasteiger partial charge in [0.25, 0.3) is 0 Å². The van der Waals surface area contributed by atoms with Crippen LogP contribution in [0, 0.1) is 5.41 Å². The number of nitrogens with zero attached hydrogens (tertiary/aromatic N) is 1. The van der Waals surface area contributed by atoms with E-state index in [9.17, 15) is 0 Å². The molecule has 0 fully saturated rings. The minimum atomic E-state index is 0.143. The molecule has 0 radical (unpaired) electrons. The summed E-state index contributed by atoms with van der Waals surface area (Å²) in [6.45, 7) is 13.7. The summed E-state index contributed by atoms with van der Waals surface area (Å²) in [6.07, 6.45) is 1.17. The predicted molar refractivity (Wildman–Crippen MR) is 100 cm³/mol. The van der Waals surface area contributed by atoms with Crippen LogP contribution >= 0.6 is 0 Å². The van der Waals surface area contributed by atoms with Crippen molar-refractivity contribution in [2.45, 2.75) is 59.7 Å². The van der Waals surface area contributed by atoms with Crippen molar-refractivity contribution < 1.29 is 0 Å². The Balaban J connectivity index is 2.23. The zero-order valence-electron chi connectivity index (χ0n) is 15.3. The van der Waals surface area contributed by atoms with E-state index in [0.717, 1.165) is 13.1 Å². The summed E-state index contributed by atoms with van der Waals surface area (Å²) in [5.74, 6) is 0. The van der Waals surface area contributed by atoms with E-state index in [1.54, 1.807) is 0 Å². The molecular weight excluding hydrogens is 278 g/mol. The normalized spacial score (nSPS) is 12.6. The third kappa shape index (κ3) is 5.84. The fourth-order valence-corrected chi connectivity index (χ4v) is 3.50. The lowest BCUT2D eigenvalue weighted by atomic mass is 9.80. The maximum atomic E-state index is 2.61. The van der Waals surface area contributed by atoms with Crippen LogP contribution in [0.2, 0.25) is 0 Å². The molecular formula is C22H31N. The maximum absolute atomic E-state index is 2.61. The number of hydrogen-bond donors (Lipinski definition) is 0. The highest BCUT2D eigenvalue weighted by atomic mass is 15.2. The average Bonchev–Trinajstić information content (AvgIpc) is 2.46. The highest BCUT2D eigenvalue weighted by molar-refractivity contribution is 5.18. The SMILES string of the molecule is CC(C)(C)CC(C)(C)N(Cc1ccccc1)Cc1ccccc1. The number of benzene rings is 2. The molecule has 1 nitrogen and oxygen atoms in total. The summed E-state index contributed by atoms with van der Waals surface area (Å²) < 4.78 is 0. The van der Waals surface area contributed by atoms with Gasteiger partial charge in [0.05, 0.1) is 0 Å². The molecule has 0 bridgehead atoms. The first kappa shape index (κ1) is 17.7. The minimum absolute atomic E-state index is 0.143. The molecule has 1 heteroatoms. The first-order valence-corrected chi connectivity index (χ1v) is 8.59. The molecule has 0 aromatic heterocycles. The van der Waals surface area contributed by atoms with E-state index in [-0.39, 0.29) is 5.54 Å². The molecule has 0 saturated heterocycles. The van der Waals surface area contributed by atoms with Crippen LogP contribution in [0.5, 0.6) is 0 Å². The summed E-state index contributed by atoms with van der Waals surface area (Å²) in [7, 11) is 0. The lowest BCUT2D eigenvalue weighted by molar-refractivity contribution is 0.0621. The van der Waals surface area contributed by atoms with Crippen LogP contribution < -0.4 is 0 Å². The molecule has 0 spiro atoms. The summed E-state index contributed by atoms with van der Waals surface area (Å²) in [6, 6.07) is 21.6. The average molecular weight is 309 g/mol. The molecule has 0 heterocycles. The highest BCUT2D eigenvalue weighted by Gasteiger charge is 2.31. The predicted octanol–water partition coefficient (Wildman–Crippen LogP) is 5.90. The molecule has 0 unspecified atom stereocenters. The second kappa shape index (κ2) is 7.31. The standard InChI is InChI=1S/C22H31N/c1-21(2,3)18-22(4,5)23(16-19-12-8-6-9-13-19)17-20-14-10-7-11-15-20/h6-15H,16-18H2,1-5H3. The van der Waals surface area contributed by atoms with Crippen LogP contribution in [0.25, 0.3) is 0 Å². The van der Waals surface area contributed by atoms with Crippen molar-refractivity contribution in [1.82, 2.24) is 4.90 Å². The zero-order chi connectivity index (χ0) is 16.9. The fourth-order valence-electron chi connectivity index (χ4n) is 3.50. The topological polar surface area (TPSA) is 3.24 Å². The van der Waals surface area contributed by atoms with Crippen LogP contribution in [-0.4, -0.2) is 10.4 Å². The molecule has 0 aliphatic carbocycles.